The van der Waals surface area contributed by atoms with Crippen LogP contribution in [0.4, 0.5) is 0 Å². The van der Waals surface area contributed by atoms with Gasteiger partial charge in [-0.1, -0.05) is 46.9 Å². The Morgan fingerprint density at radius 3 is 2.11 bits per heavy atom. The molecular formula is C14H11Cl3O. The van der Waals surface area contributed by atoms with E-state index in [9.17, 15) is 0 Å². The highest BCUT2D eigenvalue weighted by Crippen LogP contribution is 2.38. The van der Waals surface area contributed by atoms with E-state index in [1.807, 2.05) is 25.1 Å². The van der Waals surface area contributed by atoms with Gasteiger partial charge >= 0.3 is 0 Å². The van der Waals surface area contributed by atoms with Crippen molar-refractivity contribution in [3.63, 3.8) is 0 Å². The van der Waals surface area contributed by atoms with Gasteiger partial charge < -0.3 is 4.74 Å². The maximum absolute atomic E-state index is 6.04. The molecule has 0 aromatic heterocycles. The molecule has 2 rings (SSSR count). The van der Waals surface area contributed by atoms with Crippen LogP contribution in [0.5, 0.6) is 5.75 Å². The molecule has 0 saturated heterocycles. The molecule has 0 aliphatic carbocycles. The van der Waals surface area contributed by atoms with Crippen molar-refractivity contribution in [3.8, 4) is 16.9 Å². The molecule has 0 atom stereocenters. The summed E-state index contributed by atoms with van der Waals surface area (Å²) in [6, 6.07) is 9.51. The number of methoxy groups -OCH3 is 1. The molecule has 0 bridgehead atoms. The van der Waals surface area contributed by atoms with Crippen LogP contribution in [0.15, 0.2) is 30.3 Å². The molecule has 0 aliphatic rings. The number of benzene rings is 2. The molecule has 0 spiro atoms. The second-order valence-electron chi connectivity index (χ2n) is 3.96. The smallest absolute Gasteiger partial charge is 0.126 e. The summed E-state index contributed by atoms with van der Waals surface area (Å²) in [6.45, 7) is 2.01. The molecule has 0 amide bonds. The zero-order chi connectivity index (χ0) is 13.3. The minimum absolute atomic E-state index is 0.369. The van der Waals surface area contributed by atoms with Gasteiger partial charge in [-0.15, -0.1) is 0 Å². The third-order valence-corrected chi connectivity index (χ3v) is 3.85. The van der Waals surface area contributed by atoms with Crippen LogP contribution >= 0.6 is 34.8 Å². The van der Waals surface area contributed by atoms with Crippen molar-refractivity contribution >= 4 is 34.8 Å². The molecule has 0 N–H and O–H groups in total. The summed E-state index contributed by atoms with van der Waals surface area (Å²) in [6.07, 6.45) is 0. The fraction of sp³-hybridized carbons (Fsp3) is 0.143. The summed E-state index contributed by atoms with van der Waals surface area (Å²) in [7, 11) is 1.64. The molecule has 4 heteroatoms. The molecule has 0 saturated carbocycles. The number of halogens is 3. The van der Waals surface area contributed by atoms with Crippen molar-refractivity contribution in [2.75, 3.05) is 7.11 Å². The van der Waals surface area contributed by atoms with Gasteiger partial charge in [0.05, 0.1) is 22.2 Å². The maximum atomic E-state index is 6.04. The van der Waals surface area contributed by atoms with Gasteiger partial charge in [0.2, 0.25) is 0 Å². The van der Waals surface area contributed by atoms with Gasteiger partial charge in [0.25, 0.3) is 0 Å². The fourth-order valence-electron chi connectivity index (χ4n) is 1.75. The van der Waals surface area contributed by atoms with E-state index in [1.165, 1.54) is 0 Å². The molecule has 0 heterocycles. The van der Waals surface area contributed by atoms with Crippen LogP contribution in [0.2, 0.25) is 15.1 Å². The van der Waals surface area contributed by atoms with E-state index in [-0.39, 0.29) is 0 Å². The van der Waals surface area contributed by atoms with Crippen molar-refractivity contribution < 1.29 is 4.74 Å². The van der Waals surface area contributed by atoms with Crippen molar-refractivity contribution in [2.24, 2.45) is 0 Å². The second-order valence-corrected chi connectivity index (χ2v) is 5.15. The minimum atomic E-state index is 0.369. The molecule has 0 radical (unpaired) electrons. The molecule has 0 fully saturated rings. The normalized spacial score (nSPS) is 10.5. The van der Waals surface area contributed by atoms with Crippen LogP contribution in [0, 0.1) is 6.92 Å². The number of ether oxygens (including phenoxy) is 1. The summed E-state index contributed by atoms with van der Waals surface area (Å²) >= 11 is 18.0. The highest BCUT2D eigenvalue weighted by Gasteiger charge is 2.11. The summed E-state index contributed by atoms with van der Waals surface area (Å²) in [5.74, 6) is 0.782. The Labute approximate surface area is 121 Å². The Kier molecular flexibility index (Phi) is 4.06. The predicted molar refractivity (Wildman–Crippen MR) is 78.2 cm³/mol. The van der Waals surface area contributed by atoms with Crippen LogP contribution in [-0.4, -0.2) is 7.11 Å². The Balaban J connectivity index is 2.62. The molecular weight excluding hydrogens is 291 g/mol. The second kappa shape index (κ2) is 5.40. The van der Waals surface area contributed by atoms with Gasteiger partial charge in [0.15, 0.2) is 0 Å². The maximum Gasteiger partial charge on any atom is 0.126 e. The van der Waals surface area contributed by atoms with Gasteiger partial charge in [0.1, 0.15) is 5.75 Å². The van der Waals surface area contributed by atoms with Gasteiger partial charge in [-0.3, -0.25) is 0 Å². The minimum Gasteiger partial charge on any atom is -0.496 e. The van der Waals surface area contributed by atoms with Crippen LogP contribution in [0.25, 0.3) is 11.1 Å². The summed E-state index contributed by atoms with van der Waals surface area (Å²) in [4.78, 5) is 0. The van der Waals surface area contributed by atoms with E-state index in [0.717, 1.165) is 22.4 Å². The summed E-state index contributed by atoms with van der Waals surface area (Å²) < 4.78 is 5.37. The number of hydrogen-bond acceptors (Lipinski definition) is 1. The number of rotatable bonds is 2. The molecule has 1 nitrogen and oxygen atoms in total. The Hall–Kier alpha value is -0.890. The highest BCUT2D eigenvalue weighted by molar-refractivity contribution is 6.48. The number of aryl methyl sites for hydroxylation is 1. The van der Waals surface area contributed by atoms with Crippen LogP contribution in [0.3, 0.4) is 0 Å². The van der Waals surface area contributed by atoms with E-state index in [2.05, 4.69) is 0 Å². The molecule has 94 valence electrons. The average molecular weight is 302 g/mol. The molecule has 0 unspecified atom stereocenters. The van der Waals surface area contributed by atoms with Crippen LogP contribution in [-0.2, 0) is 0 Å². The summed E-state index contributed by atoms with van der Waals surface area (Å²) in [5.41, 5.74) is 2.94. The zero-order valence-corrected chi connectivity index (χ0v) is 12.2. The SMILES string of the molecule is COc1cc(C)ccc1-c1cc(Cl)c(Cl)c(Cl)c1. The first-order valence-electron chi connectivity index (χ1n) is 5.32. The third-order valence-electron chi connectivity index (χ3n) is 2.65. The average Bonchev–Trinajstić information content (AvgIpc) is 2.35. The van der Waals surface area contributed by atoms with E-state index < -0.39 is 0 Å². The number of hydrogen-bond donors (Lipinski definition) is 0. The van der Waals surface area contributed by atoms with Crippen LogP contribution < -0.4 is 4.74 Å². The summed E-state index contributed by atoms with van der Waals surface area (Å²) in [5, 5.41) is 1.23. The first-order chi connectivity index (χ1) is 8.52. The van der Waals surface area contributed by atoms with Gasteiger partial charge in [-0.2, -0.15) is 0 Å². The lowest BCUT2D eigenvalue weighted by Crippen LogP contribution is -1.89. The zero-order valence-electron chi connectivity index (χ0n) is 9.93. The van der Waals surface area contributed by atoms with E-state index in [0.29, 0.717) is 15.1 Å². The van der Waals surface area contributed by atoms with E-state index in [4.69, 9.17) is 39.5 Å². The topological polar surface area (TPSA) is 9.23 Å². The largest absolute Gasteiger partial charge is 0.496 e. The van der Waals surface area contributed by atoms with E-state index >= 15 is 0 Å². The highest BCUT2D eigenvalue weighted by atomic mass is 35.5. The molecule has 2 aromatic rings. The third kappa shape index (κ3) is 2.59. The Morgan fingerprint density at radius 1 is 0.944 bits per heavy atom. The molecule has 0 aliphatic heterocycles. The van der Waals surface area contributed by atoms with E-state index in [1.54, 1.807) is 19.2 Å². The lowest BCUT2D eigenvalue weighted by atomic mass is 10.0. The lowest BCUT2D eigenvalue weighted by molar-refractivity contribution is 0.416. The lowest BCUT2D eigenvalue weighted by Gasteiger charge is -2.11. The van der Waals surface area contributed by atoms with Gasteiger partial charge in [-0.25, -0.2) is 0 Å². The van der Waals surface area contributed by atoms with Crippen LogP contribution in [0.1, 0.15) is 5.56 Å². The Morgan fingerprint density at radius 2 is 1.56 bits per heavy atom. The van der Waals surface area contributed by atoms with Gasteiger partial charge in [-0.05, 0) is 36.2 Å². The predicted octanol–water partition coefficient (Wildman–Crippen LogP) is 5.63. The molecule has 2 aromatic carbocycles. The molecule has 18 heavy (non-hydrogen) atoms. The van der Waals surface area contributed by atoms with Crippen molar-refractivity contribution in [2.45, 2.75) is 6.92 Å². The first-order valence-corrected chi connectivity index (χ1v) is 6.46. The fourth-order valence-corrected chi connectivity index (χ4v) is 2.34. The quantitative estimate of drug-likeness (QED) is 0.653. The van der Waals surface area contributed by atoms with Gasteiger partial charge in [0, 0.05) is 5.56 Å². The standard InChI is InChI=1S/C14H11Cl3O/c1-8-3-4-10(13(5-8)18-2)9-6-11(15)14(17)12(16)7-9/h3-7H,1-2H3. The Bertz CT molecular complexity index is 571. The van der Waals surface area contributed by atoms with Crippen molar-refractivity contribution in [1.82, 2.24) is 0 Å². The monoisotopic (exact) mass is 300 g/mol. The van der Waals surface area contributed by atoms with Crippen molar-refractivity contribution in [1.29, 1.82) is 0 Å². The first kappa shape index (κ1) is 13.5. The van der Waals surface area contributed by atoms with Crippen molar-refractivity contribution in [3.05, 3.63) is 51.0 Å².